The van der Waals surface area contributed by atoms with Crippen LogP contribution < -0.4 is 5.73 Å². The van der Waals surface area contributed by atoms with Crippen molar-refractivity contribution in [2.24, 2.45) is 5.73 Å². The third-order valence-electron chi connectivity index (χ3n) is 2.54. The van der Waals surface area contributed by atoms with Gasteiger partial charge in [0.05, 0.1) is 10.6 Å². The average molecular weight is 266 g/mol. The Labute approximate surface area is 100 Å². The van der Waals surface area contributed by atoms with Crippen LogP contribution in [0.5, 0.6) is 0 Å². The predicted molar refractivity (Wildman–Crippen MR) is 61.9 cm³/mol. The van der Waals surface area contributed by atoms with Gasteiger partial charge in [0.25, 0.3) is 0 Å². The second-order valence-electron chi connectivity index (χ2n) is 4.08. The second kappa shape index (κ2) is 4.31. The number of nitrogens with two attached hydrogens (primary N) is 1. The van der Waals surface area contributed by atoms with Crippen LogP contribution in [0.3, 0.4) is 0 Å². The van der Waals surface area contributed by atoms with E-state index < -0.39 is 21.2 Å². The largest absolute Gasteiger partial charge is 0.324 e. The highest BCUT2D eigenvalue weighted by atomic mass is 35.5. The standard InChI is InChI=1S/C10H12FNO2S.ClH/c11-8-1-3-9(4-2-8)15(13,14)7-10(12)5-6-10;/h1-4H,5-7,12H2;1H. The van der Waals surface area contributed by atoms with Crippen molar-refractivity contribution in [1.82, 2.24) is 0 Å². The second-order valence-corrected chi connectivity index (χ2v) is 6.06. The molecule has 0 radical (unpaired) electrons. The van der Waals surface area contributed by atoms with E-state index in [9.17, 15) is 12.8 Å². The molecule has 0 atom stereocenters. The summed E-state index contributed by atoms with van der Waals surface area (Å²) < 4.78 is 36.2. The molecule has 1 aromatic carbocycles. The summed E-state index contributed by atoms with van der Waals surface area (Å²) in [7, 11) is -3.36. The smallest absolute Gasteiger partial charge is 0.180 e. The molecule has 0 amide bonds. The fourth-order valence-corrected chi connectivity index (χ4v) is 3.17. The van der Waals surface area contributed by atoms with E-state index in [4.69, 9.17) is 5.73 Å². The molecule has 1 aliphatic rings. The molecule has 1 saturated carbocycles. The lowest BCUT2D eigenvalue weighted by molar-refractivity contribution is 0.584. The van der Waals surface area contributed by atoms with E-state index in [1.54, 1.807) is 0 Å². The van der Waals surface area contributed by atoms with Gasteiger partial charge < -0.3 is 5.73 Å². The van der Waals surface area contributed by atoms with Crippen LogP contribution in [-0.4, -0.2) is 19.7 Å². The molecule has 3 nitrogen and oxygen atoms in total. The molecule has 2 rings (SSSR count). The average Bonchev–Trinajstić information content (AvgIpc) is 2.82. The topological polar surface area (TPSA) is 60.2 Å². The third kappa shape index (κ3) is 2.93. The van der Waals surface area contributed by atoms with Crippen LogP contribution in [0.15, 0.2) is 29.2 Å². The molecule has 6 heteroatoms. The summed E-state index contributed by atoms with van der Waals surface area (Å²) in [5.74, 6) is -0.492. The predicted octanol–water partition coefficient (Wildman–Crippen LogP) is 1.51. The van der Waals surface area contributed by atoms with Gasteiger partial charge in [0.1, 0.15) is 5.82 Å². The first kappa shape index (κ1) is 13.4. The summed E-state index contributed by atoms with van der Waals surface area (Å²) in [5.41, 5.74) is 5.20. The summed E-state index contributed by atoms with van der Waals surface area (Å²) >= 11 is 0. The summed E-state index contributed by atoms with van der Waals surface area (Å²) in [6, 6.07) is 4.83. The lowest BCUT2D eigenvalue weighted by atomic mass is 10.3. The van der Waals surface area contributed by atoms with Gasteiger partial charge in [-0.1, -0.05) is 0 Å². The fraction of sp³-hybridized carbons (Fsp3) is 0.400. The number of halogens is 2. The maximum absolute atomic E-state index is 12.6. The van der Waals surface area contributed by atoms with E-state index >= 15 is 0 Å². The van der Waals surface area contributed by atoms with Crippen molar-refractivity contribution in [2.45, 2.75) is 23.3 Å². The number of rotatable bonds is 3. The van der Waals surface area contributed by atoms with Crippen molar-refractivity contribution in [1.29, 1.82) is 0 Å². The number of hydrogen-bond donors (Lipinski definition) is 1. The monoisotopic (exact) mass is 265 g/mol. The molecule has 0 spiro atoms. The Morgan fingerprint density at radius 3 is 2.19 bits per heavy atom. The number of benzene rings is 1. The molecule has 1 aliphatic carbocycles. The van der Waals surface area contributed by atoms with Crippen LogP contribution >= 0.6 is 12.4 Å². The van der Waals surface area contributed by atoms with E-state index in [-0.39, 0.29) is 23.1 Å². The molecular weight excluding hydrogens is 253 g/mol. The quantitative estimate of drug-likeness (QED) is 0.843. The lowest BCUT2D eigenvalue weighted by Crippen LogP contribution is -2.31. The minimum absolute atomic E-state index is 0. The van der Waals surface area contributed by atoms with Crippen molar-refractivity contribution in [2.75, 3.05) is 5.75 Å². The summed E-state index contributed by atoms with van der Waals surface area (Å²) in [5, 5.41) is 0. The Kier molecular flexibility index (Phi) is 3.62. The Morgan fingerprint density at radius 1 is 1.25 bits per heavy atom. The zero-order valence-electron chi connectivity index (χ0n) is 8.52. The first-order valence-corrected chi connectivity index (χ1v) is 6.34. The molecular formula is C10H13ClFNO2S. The van der Waals surface area contributed by atoms with Crippen LogP contribution in [0.4, 0.5) is 4.39 Å². The minimum Gasteiger partial charge on any atom is -0.324 e. The Hall–Kier alpha value is -0.650. The number of hydrogen-bond acceptors (Lipinski definition) is 3. The summed E-state index contributed by atoms with van der Waals surface area (Å²) in [6.07, 6.45) is 1.49. The van der Waals surface area contributed by atoms with Gasteiger partial charge in [0.2, 0.25) is 0 Å². The highest BCUT2D eigenvalue weighted by molar-refractivity contribution is 7.91. The van der Waals surface area contributed by atoms with Crippen LogP contribution in [0.2, 0.25) is 0 Å². The van der Waals surface area contributed by atoms with Crippen LogP contribution in [0.1, 0.15) is 12.8 Å². The molecule has 16 heavy (non-hydrogen) atoms. The van der Waals surface area contributed by atoms with Gasteiger partial charge in [-0.05, 0) is 37.1 Å². The van der Waals surface area contributed by atoms with Crippen molar-refractivity contribution in [3.8, 4) is 0 Å². The molecule has 0 unspecified atom stereocenters. The van der Waals surface area contributed by atoms with Gasteiger partial charge in [-0.3, -0.25) is 0 Å². The first-order valence-electron chi connectivity index (χ1n) is 4.69. The van der Waals surface area contributed by atoms with E-state index in [0.717, 1.165) is 25.0 Å². The lowest BCUT2D eigenvalue weighted by Gasteiger charge is -2.09. The molecule has 2 N–H and O–H groups in total. The van der Waals surface area contributed by atoms with E-state index in [0.29, 0.717) is 0 Å². The zero-order chi connectivity index (χ0) is 11.1. The van der Waals surface area contributed by atoms with Crippen molar-refractivity contribution < 1.29 is 12.8 Å². The van der Waals surface area contributed by atoms with Crippen LogP contribution in [-0.2, 0) is 9.84 Å². The molecule has 1 aromatic rings. The fourth-order valence-electron chi connectivity index (χ4n) is 1.41. The molecule has 0 bridgehead atoms. The highest BCUT2D eigenvalue weighted by Gasteiger charge is 2.42. The van der Waals surface area contributed by atoms with Gasteiger partial charge in [0.15, 0.2) is 9.84 Å². The Bertz CT molecular complexity index is 468. The third-order valence-corrected chi connectivity index (χ3v) is 4.49. The van der Waals surface area contributed by atoms with Crippen LogP contribution in [0, 0.1) is 5.82 Å². The molecule has 0 aliphatic heterocycles. The minimum atomic E-state index is -3.36. The van der Waals surface area contributed by atoms with Gasteiger partial charge in [-0.15, -0.1) is 12.4 Å². The van der Waals surface area contributed by atoms with Gasteiger partial charge >= 0.3 is 0 Å². The maximum Gasteiger partial charge on any atom is 0.180 e. The van der Waals surface area contributed by atoms with Crippen molar-refractivity contribution in [3.63, 3.8) is 0 Å². The van der Waals surface area contributed by atoms with Crippen molar-refractivity contribution in [3.05, 3.63) is 30.1 Å². The van der Waals surface area contributed by atoms with E-state index in [2.05, 4.69) is 0 Å². The normalized spacial score (nSPS) is 17.6. The summed E-state index contributed by atoms with van der Waals surface area (Å²) in [6.45, 7) is 0. The molecule has 90 valence electrons. The maximum atomic E-state index is 12.6. The van der Waals surface area contributed by atoms with Gasteiger partial charge in [0, 0.05) is 5.54 Å². The van der Waals surface area contributed by atoms with Crippen molar-refractivity contribution >= 4 is 22.2 Å². The Morgan fingerprint density at radius 2 is 1.75 bits per heavy atom. The number of sulfone groups is 1. The SMILES string of the molecule is Cl.NC1(CS(=O)(=O)c2ccc(F)cc2)CC1. The molecule has 0 aromatic heterocycles. The highest BCUT2D eigenvalue weighted by Crippen LogP contribution is 2.35. The van der Waals surface area contributed by atoms with Gasteiger partial charge in [-0.25, -0.2) is 12.8 Å². The van der Waals surface area contributed by atoms with Gasteiger partial charge in [-0.2, -0.15) is 0 Å². The molecule has 1 fully saturated rings. The zero-order valence-corrected chi connectivity index (χ0v) is 10.2. The summed E-state index contributed by atoms with van der Waals surface area (Å²) in [4.78, 5) is 0.139. The van der Waals surface area contributed by atoms with Crippen LogP contribution in [0.25, 0.3) is 0 Å². The Balaban J connectivity index is 0.00000128. The first-order chi connectivity index (χ1) is 6.91. The van der Waals surface area contributed by atoms with E-state index in [1.807, 2.05) is 0 Å². The van der Waals surface area contributed by atoms with E-state index in [1.165, 1.54) is 12.1 Å². The molecule has 0 heterocycles. The molecule has 0 saturated heterocycles.